The highest BCUT2D eigenvalue weighted by Gasteiger charge is 2.30. The molecule has 1 rings (SSSR count). The first-order chi connectivity index (χ1) is 6.54. The summed E-state index contributed by atoms with van der Waals surface area (Å²) < 4.78 is 4.73. The summed E-state index contributed by atoms with van der Waals surface area (Å²) in [5, 5.41) is 8.86. The largest absolute Gasteiger partial charge is 0.481 e. The Hall–Kier alpha value is -1.58. The molecule has 0 bridgehead atoms. The van der Waals surface area contributed by atoms with Crippen LogP contribution in [0.1, 0.15) is 24.2 Å². The summed E-state index contributed by atoms with van der Waals surface area (Å²) in [5.41, 5.74) is 0.311. The van der Waals surface area contributed by atoms with Crippen LogP contribution in [0.25, 0.3) is 0 Å². The smallest absolute Gasteiger partial charge is 0.314 e. The standard InChI is InChI=1S/C10H12O4/c1-6(2)8(10(12)13)9(11)7-3-4-14-5-7/h3-6,8H,1-2H3,(H,12,13). The second-order valence-electron chi connectivity index (χ2n) is 3.44. The van der Waals surface area contributed by atoms with Crippen molar-refractivity contribution in [1.82, 2.24) is 0 Å². The molecular weight excluding hydrogens is 184 g/mol. The summed E-state index contributed by atoms with van der Waals surface area (Å²) in [6.45, 7) is 3.41. The highest BCUT2D eigenvalue weighted by atomic mass is 16.4. The average molecular weight is 196 g/mol. The summed E-state index contributed by atoms with van der Waals surface area (Å²) in [6.07, 6.45) is 2.62. The zero-order valence-corrected chi connectivity index (χ0v) is 8.06. The van der Waals surface area contributed by atoms with Crippen molar-refractivity contribution in [2.45, 2.75) is 13.8 Å². The normalized spacial score (nSPS) is 12.8. The molecule has 1 heterocycles. The van der Waals surface area contributed by atoms with Crippen LogP contribution < -0.4 is 0 Å². The van der Waals surface area contributed by atoms with E-state index in [0.717, 1.165) is 0 Å². The monoisotopic (exact) mass is 196 g/mol. The molecule has 1 N–H and O–H groups in total. The number of carbonyl (C=O) groups is 2. The number of carbonyl (C=O) groups excluding carboxylic acids is 1. The van der Waals surface area contributed by atoms with Crippen molar-refractivity contribution in [3.05, 3.63) is 24.2 Å². The lowest BCUT2D eigenvalue weighted by Crippen LogP contribution is -2.28. The molecule has 1 aromatic rings. The van der Waals surface area contributed by atoms with Gasteiger partial charge < -0.3 is 9.52 Å². The van der Waals surface area contributed by atoms with Gasteiger partial charge in [-0.25, -0.2) is 0 Å². The molecule has 4 heteroatoms. The average Bonchev–Trinajstić information content (AvgIpc) is 2.53. The van der Waals surface area contributed by atoms with Gasteiger partial charge in [-0.05, 0) is 12.0 Å². The van der Waals surface area contributed by atoms with Crippen molar-refractivity contribution < 1.29 is 19.1 Å². The van der Waals surface area contributed by atoms with E-state index >= 15 is 0 Å². The molecule has 76 valence electrons. The fourth-order valence-corrected chi connectivity index (χ4v) is 1.28. The Morgan fingerprint density at radius 1 is 1.43 bits per heavy atom. The Morgan fingerprint density at radius 2 is 2.07 bits per heavy atom. The Bertz CT molecular complexity index is 324. The van der Waals surface area contributed by atoms with Crippen LogP contribution in [0.3, 0.4) is 0 Å². The van der Waals surface area contributed by atoms with Crippen molar-refractivity contribution in [1.29, 1.82) is 0 Å². The van der Waals surface area contributed by atoms with Crippen LogP contribution in [0.5, 0.6) is 0 Å². The van der Waals surface area contributed by atoms with E-state index in [4.69, 9.17) is 9.52 Å². The molecule has 0 aliphatic carbocycles. The molecule has 0 fully saturated rings. The van der Waals surface area contributed by atoms with E-state index in [1.807, 2.05) is 0 Å². The predicted molar refractivity (Wildman–Crippen MR) is 49.0 cm³/mol. The fourth-order valence-electron chi connectivity index (χ4n) is 1.28. The number of carboxylic acids is 1. The number of ketones is 1. The Balaban J connectivity index is 2.91. The van der Waals surface area contributed by atoms with Gasteiger partial charge in [0, 0.05) is 0 Å². The van der Waals surface area contributed by atoms with E-state index in [9.17, 15) is 9.59 Å². The van der Waals surface area contributed by atoms with Gasteiger partial charge in [0.2, 0.25) is 0 Å². The minimum atomic E-state index is -1.09. The van der Waals surface area contributed by atoms with Crippen molar-refractivity contribution in [3.8, 4) is 0 Å². The Kier molecular flexibility index (Phi) is 3.06. The van der Waals surface area contributed by atoms with Gasteiger partial charge in [-0.2, -0.15) is 0 Å². The molecule has 0 radical (unpaired) electrons. The molecule has 4 nitrogen and oxygen atoms in total. The minimum Gasteiger partial charge on any atom is -0.481 e. The summed E-state index contributed by atoms with van der Waals surface area (Å²) in [5.74, 6) is -2.71. The lowest BCUT2D eigenvalue weighted by molar-refractivity contribution is -0.141. The third-order valence-electron chi connectivity index (χ3n) is 2.02. The Morgan fingerprint density at radius 3 is 2.43 bits per heavy atom. The first kappa shape index (κ1) is 10.5. The molecular formula is C10H12O4. The lowest BCUT2D eigenvalue weighted by atomic mass is 9.89. The summed E-state index contributed by atoms with van der Waals surface area (Å²) >= 11 is 0. The molecule has 14 heavy (non-hydrogen) atoms. The van der Waals surface area contributed by atoms with Crippen LogP contribution in [0, 0.1) is 11.8 Å². The summed E-state index contributed by atoms with van der Waals surface area (Å²) in [4.78, 5) is 22.5. The second kappa shape index (κ2) is 4.09. The minimum absolute atomic E-state index is 0.227. The molecule has 0 aliphatic heterocycles. The quantitative estimate of drug-likeness (QED) is 0.589. The molecule has 0 spiro atoms. The molecule has 1 atom stereocenters. The van der Waals surface area contributed by atoms with Gasteiger partial charge in [-0.1, -0.05) is 13.8 Å². The third-order valence-corrected chi connectivity index (χ3v) is 2.02. The van der Waals surface area contributed by atoms with E-state index in [-0.39, 0.29) is 5.92 Å². The summed E-state index contributed by atoms with van der Waals surface area (Å²) in [6, 6.07) is 1.47. The molecule has 0 saturated carbocycles. The Labute approximate surface area is 81.5 Å². The number of furan rings is 1. The maximum Gasteiger partial charge on any atom is 0.314 e. The van der Waals surface area contributed by atoms with Crippen molar-refractivity contribution in [3.63, 3.8) is 0 Å². The van der Waals surface area contributed by atoms with E-state index < -0.39 is 17.7 Å². The van der Waals surface area contributed by atoms with Gasteiger partial charge in [0.05, 0.1) is 11.8 Å². The van der Waals surface area contributed by atoms with Crippen molar-refractivity contribution in [2.75, 3.05) is 0 Å². The van der Waals surface area contributed by atoms with Gasteiger partial charge in [0.1, 0.15) is 12.2 Å². The maximum absolute atomic E-state index is 11.6. The van der Waals surface area contributed by atoms with Gasteiger partial charge in [-0.3, -0.25) is 9.59 Å². The van der Waals surface area contributed by atoms with Crippen LogP contribution in [0.15, 0.2) is 23.0 Å². The van der Waals surface area contributed by atoms with Crippen molar-refractivity contribution >= 4 is 11.8 Å². The molecule has 0 aliphatic rings. The SMILES string of the molecule is CC(C)C(C(=O)O)C(=O)c1ccoc1. The predicted octanol–water partition coefficient (Wildman–Crippen LogP) is 1.82. The number of Topliss-reactive ketones (excluding diaryl/α,β-unsaturated/α-hetero) is 1. The van der Waals surface area contributed by atoms with Gasteiger partial charge in [-0.15, -0.1) is 0 Å². The molecule has 1 aromatic heterocycles. The second-order valence-corrected chi connectivity index (χ2v) is 3.44. The zero-order valence-electron chi connectivity index (χ0n) is 8.06. The van der Waals surface area contributed by atoms with E-state index in [1.54, 1.807) is 13.8 Å². The lowest BCUT2D eigenvalue weighted by Gasteiger charge is -2.13. The summed E-state index contributed by atoms with van der Waals surface area (Å²) in [7, 11) is 0. The number of aliphatic carboxylic acids is 1. The topological polar surface area (TPSA) is 67.5 Å². The molecule has 0 saturated heterocycles. The number of hydrogen-bond donors (Lipinski definition) is 1. The zero-order chi connectivity index (χ0) is 10.7. The van der Waals surface area contributed by atoms with E-state index in [0.29, 0.717) is 5.56 Å². The van der Waals surface area contributed by atoms with E-state index in [2.05, 4.69) is 0 Å². The highest BCUT2D eigenvalue weighted by Crippen LogP contribution is 2.17. The third kappa shape index (κ3) is 2.02. The highest BCUT2D eigenvalue weighted by molar-refractivity contribution is 6.08. The fraction of sp³-hybridized carbons (Fsp3) is 0.400. The first-order valence-electron chi connectivity index (χ1n) is 4.33. The van der Waals surface area contributed by atoms with Crippen LogP contribution in [0.4, 0.5) is 0 Å². The molecule has 0 aromatic carbocycles. The van der Waals surface area contributed by atoms with Crippen LogP contribution in [-0.2, 0) is 4.79 Å². The number of hydrogen-bond acceptors (Lipinski definition) is 3. The number of rotatable bonds is 4. The van der Waals surface area contributed by atoms with Crippen LogP contribution >= 0.6 is 0 Å². The molecule has 1 unspecified atom stereocenters. The van der Waals surface area contributed by atoms with Gasteiger partial charge in [0.25, 0.3) is 0 Å². The number of carboxylic acid groups (broad SMARTS) is 1. The van der Waals surface area contributed by atoms with Crippen molar-refractivity contribution in [2.24, 2.45) is 11.8 Å². The van der Waals surface area contributed by atoms with Crippen LogP contribution in [0.2, 0.25) is 0 Å². The van der Waals surface area contributed by atoms with Crippen LogP contribution in [-0.4, -0.2) is 16.9 Å². The first-order valence-corrected chi connectivity index (χ1v) is 4.33. The van der Waals surface area contributed by atoms with Gasteiger partial charge in [0.15, 0.2) is 5.78 Å². The maximum atomic E-state index is 11.6. The molecule has 0 amide bonds. The van der Waals surface area contributed by atoms with E-state index in [1.165, 1.54) is 18.6 Å². The van der Waals surface area contributed by atoms with Gasteiger partial charge >= 0.3 is 5.97 Å².